The predicted octanol–water partition coefficient (Wildman–Crippen LogP) is 2.44. The van der Waals surface area contributed by atoms with Crippen LogP contribution in [0.5, 0.6) is 5.75 Å². The third-order valence-corrected chi connectivity index (χ3v) is 4.92. The van der Waals surface area contributed by atoms with Gasteiger partial charge in [0.25, 0.3) is 0 Å². The molecule has 1 aromatic heterocycles. The molecule has 0 bridgehead atoms. The molecular weight excluding hydrogens is 294 g/mol. The van der Waals surface area contributed by atoms with Gasteiger partial charge in [-0.15, -0.1) is 10.2 Å². The molecule has 2 rings (SSSR count). The second kappa shape index (κ2) is 6.92. The van der Waals surface area contributed by atoms with Crippen molar-refractivity contribution < 1.29 is 9.84 Å². The summed E-state index contributed by atoms with van der Waals surface area (Å²) < 4.78 is 6.01. The van der Waals surface area contributed by atoms with E-state index in [0.29, 0.717) is 5.75 Å². The number of nitrogens with zero attached hydrogens (tertiary/aromatic N) is 3. The van der Waals surface area contributed by atoms with Crippen LogP contribution >= 0.6 is 23.1 Å². The molecule has 0 saturated carbocycles. The fourth-order valence-electron chi connectivity index (χ4n) is 1.54. The van der Waals surface area contributed by atoms with E-state index in [-0.39, 0.29) is 0 Å². The quantitative estimate of drug-likeness (QED) is 0.827. The third-order valence-electron chi connectivity index (χ3n) is 2.62. The first-order chi connectivity index (χ1) is 9.60. The maximum atomic E-state index is 10.2. The lowest BCUT2D eigenvalue weighted by atomic mass is 10.1. The van der Waals surface area contributed by atoms with Gasteiger partial charge in [0.05, 0.1) is 13.2 Å². The highest BCUT2D eigenvalue weighted by atomic mass is 32.2. The first kappa shape index (κ1) is 15.1. The number of anilines is 1. The fourth-order valence-corrected chi connectivity index (χ4v) is 3.29. The Bertz CT molecular complexity index is 560. The first-order valence-electron chi connectivity index (χ1n) is 6.06. The molecular formula is C13H17N3O2S2. The molecule has 0 aliphatic carbocycles. The molecule has 0 fully saturated rings. The Morgan fingerprint density at radius 1 is 1.40 bits per heavy atom. The maximum Gasteiger partial charge on any atom is 0.208 e. The standard InChI is InChI=1S/C13H17N3O2S2/c1-16(2)12-14-15-13(20-12)19-8-11(17)9-5-4-6-10(7-9)18-3/h4-7,11,17H,8H2,1-3H3. The highest BCUT2D eigenvalue weighted by Crippen LogP contribution is 2.30. The molecule has 0 radical (unpaired) electrons. The zero-order valence-corrected chi connectivity index (χ0v) is 13.2. The topological polar surface area (TPSA) is 58.5 Å². The van der Waals surface area contributed by atoms with Crippen LogP contribution in [0.25, 0.3) is 0 Å². The Kier molecular flexibility index (Phi) is 5.22. The highest BCUT2D eigenvalue weighted by molar-refractivity contribution is 8.01. The minimum absolute atomic E-state index is 0.537. The first-order valence-corrected chi connectivity index (χ1v) is 7.86. The Morgan fingerprint density at radius 3 is 2.85 bits per heavy atom. The number of rotatable bonds is 6. The summed E-state index contributed by atoms with van der Waals surface area (Å²) in [6, 6.07) is 7.46. The molecule has 0 aliphatic rings. The molecule has 0 spiro atoms. The number of thioether (sulfide) groups is 1. The molecule has 108 valence electrons. The third kappa shape index (κ3) is 3.84. The number of aliphatic hydroxyl groups is 1. The minimum atomic E-state index is -0.554. The van der Waals surface area contributed by atoms with Gasteiger partial charge >= 0.3 is 0 Å². The summed E-state index contributed by atoms with van der Waals surface area (Å²) in [5.41, 5.74) is 0.842. The minimum Gasteiger partial charge on any atom is -0.497 e. The molecule has 0 amide bonds. The van der Waals surface area contributed by atoms with Crippen LogP contribution in [0.2, 0.25) is 0 Å². The van der Waals surface area contributed by atoms with Crippen LogP contribution < -0.4 is 9.64 Å². The molecule has 1 unspecified atom stereocenters. The van der Waals surface area contributed by atoms with Crippen molar-refractivity contribution in [1.29, 1.82) is 0 Å². The molecule has 0 saturated heterocycles. The highest BCUT2D eigenvalue weighted by Gasteiger charge is 2.12. The number of benzene rings is 1. The summed E-state index contributed by atoms with van der Waals surface area (Å²) in [4.78, 5) is 1.92. The van der Waals surface area contributed by atoms with E-state index in [1.165, 1.54) is 23.1 Å². The SMILES string of the molecule is COc1cccc(C(O)CSc2nnc(N(C)C)s2)c1. The number of aromatic nitrogens is 2. The van der Waals surface area contributed by atoms with E-state index in [9.17, 15) is 5.11 Å². The lowest BCUT2D eigenvalue weighted by Crippen LogP contribution is -2.07. The van der Waals surface area contributed by atoms with Gasteiger partial charge < -0.3 is 14.7 Å². The van der Waals surface area contributed by atoms with E-state index in [4.69, 9.17) is 4.74 Å². The van der Waals surface area contributed by atoms with Gasteiger partial charge in [-0.2, -0.15) is 0 Å². The van der Waals surface area contributed by atoms with Gasteiger partial charge in [-0.1, -0.05) is 35.2 Å². The molecule has 1 N–H and O–H groups in total. The van der Waals surface area contributed by atoms with Crippen LogP contribution in [-0.4, -0.2) is 42.3 Å². The Labute approximate surface area is 126 Å². The monoisotopic (exact) mass is 311 g/mol. The molecule has 1 atom stereocenters. The molecule has 1 aromatic carbocycles. The zero-order chi connectivity index (χ0) is 14.5. The number of aliphatic hydroxyl groups excluding tert-OH is 1. The van der Waals surface area contributed by atoms with E-state index >= 15 is 0 Å². The van der Waals surface area contributed by atoms with Crippen LogP contribution in [0.3, 0.4) is 0 Å². The van der Waals surface area contributed by atoms with Crippen molar-refractivity contribution in [2.24, 2.45) is 0 Å². The van der Waals surface area contributed by atoms with Gasteiger partial charge in [0.2, 0.25) is 5.13 Å². The second-order valence-electron chi connectivity index (χ2n) is 4.35. The Morgan fingerprint density at radius 2 is 2.20 bits per heavy atom. The van der Waals surface area contributed by atoms with Crippen LogP contribution in [-0.2, 0) is 0 Å². The molecule has 7 heteroatoms. The summed E-state index contributed by atoms with van der Waals surface area (Å²) in [6.07, 6.45) is -0.554. The lowest BCUT2D eigenvalue weighted by Gasteiger charge is -2.10. The Balaban J connectivity index is 1.95. The normalized spacial score (nSPS) is 12.2. The van der Waals surface area contributed by atoms with E-state index in [0.717, 1.165) is 20.8 Å². The average Bonchev–Trinajstić information content (AvgIpc) is 2.94. The van der Waals surface area contributed by atoms with E-state index < -0.39 is 6.10 Å². The van der Waals surface area contributed by atoms with Crippen molar-refractivity contribution in [1.82, 2.24) is 10.2 Å². The summed E-state index contributed by atoms with van der Waals surface area (Å²) in [7, 11) is 5.48. The maximum absolute atomic E-state index is 10.2. The van der Waals surface area contributed by atoms with Crippen molar-refractivity contribution in [3.05, 3.63) is 29.8 Å². The zero-order valence-electron chi connectivity index (χ0n) is 11.6. The van der Waals surface area contributed by atoms with E-state index in [1.54, 1.807) is 7.11 Å². The van der Waals surface area contributed by atoms with Gasteiger partial charge in [0.1, 0.15) is 5.75 Å². The van der Waals surface area contributed by atoms with Crippen molar-refractivity contribution >= 4 is 28.2 Å². The fraction of sp³-hybridized carbons (Fsp3) is 0.385. The Hall–Kier alpha value is -1.31. The molecule has 5 nitrogen and oxygen atoms in total. The number of ether oxygens (including phenoxy) is 1. The average molecular weight is 311 g/mol. The summed E-state index contributed by atoms with van der Waals surface area (Å²) in [5.74, 6) is 1.28. The van der Waals surface area contributed by atoms with E-state index in [1.807, 2.05) is 43.3 Å². The predicted molar refractivity (Wildman–Crippen MR) is 82.9 cm³/mol. The van der Waals surface area contributed by atoms with Crippen LogP contribution in [0.15, 0.2) is 28.6 Å². The second-order valence-corrected chi connectivity index (χ2v) is 6.57. The van der Waals surface area contributed by atoms with Crippen LogP contribution in [0, 0.1) is 0 Å². The number of methoxy groups -OCH3 is 1. The molecule has 0 aliphatic heterocycles. The van der Waals surface area contributed by atoms with Crippen molar-refractivity contribution in [3.63, 3.8) is 0 Å². The lowest BCUT2D eigenvalue weighted by molar-refractivity contribution is 0.203. The summed E-state index contributed by atoms with van der Waals surface area (Å²) in [5, 5.41) is 19.2. The van der Waals surface area contributed by atoms with Crippen molar-refractivity contribution in [2.75, 3.05) is 31.9 Å². The summed E-state index contributed by atoms with van der Waals surface area (Å²) in [6.45, 7) is 0. The van der Waals surface area contributed by atoms with Crippen molar-refractivity contribution in [2.45, 2.75) is 10.4 Å². The van der Waals surface area contributed by atoms with Gasteiger partial charge in [0, 0.05) is 19.8 Å². The van der Waals surface area contributed by atoms with Crippen LogP contribution in [0.1, 0.15) is 11.7 Å². The van der Waals surface area contributed by atoms with Gasteiger partial charge in [-0.25, -0.2) is 0 Å². The van der Waals surface area contributed by atoms with Crippen LogP contribution in [0.4, 0.5) is 5.13 Å². The van der Waals surface area contributed by atoms with Crippen molar-refractivity contribution in [3.8, 4) is 5.75 Å². The van der Waals surface area contributed by atoms with Gasteiger partial charge in [0.15, 0.2) is 4.34 Å². The van der Waals surface area contributed by atoms with Gasteiger partial charge in [-0.05, 0) is 17.7 Å². The van der Waals surface area contributed by atoms with E-state index in [2.05, 4.69) is 10.2 Å². The number of hydrogen-bond donors (Lipinski definition) is 1. The molecule has 1 heterocycles. The largest absolute Gasteiger partial charge is 0.497 e. The number of hydrogen-bond acceptors (Lipinski definition) is 7. The smallest absolute Gasteiger partial charge is 0.208 e. The molecule has 20 heavy (non-hydrogen) atoms. The summed E-state index contributed by atoms with van der Waals surface area (Å²) >= 11 is 3.02. The van der Waals surface area contributed by atoms with Gasteiger partial charge in [-0.3, -0.25) is 0 Å². The molecule has 2 aromatic rings.